The first-order valence-electron chi connectivity index (χ1n) is 11.7. The number of hydrogen-bond acceptors (Lipinski definition) is 6. The minimum atomic E-state index is -0.455. The number of Topliss-reactive ketones (excluding diaryl/α,β-unsaturated/α-hetero) is 1. The Hall–Kier alpha value is -3.68. The molecule has 0 spiro atoms. The van der Waals surface area contributed by atoms with Crippen molar-refractivity contribution in [1.82, 2.24) is 14.8 Å². The van der Waals surface area contributed by atoms with E-state index in [-0.39, 0.29) is 11.2 Å². The first kappa shape index (κ1) is 22.1. The van der Waals surface area contributed by atoms with Gasteiger partial charge in [0, 0.05) is 38.8 Å². The van der Waals surface area contributed by atoms with Crippen LogP contribution in [0.2, 0.25) is 0 Å². The molecule has 0 atom stereocenters. The number of fused-ring (bicyclic) bond motifs is 1. The smallest absolute Gasteiger partial charge is 0.250 e. The number of aromatic nitrogens is 3. The zero-order valence-corrected chi connectivity index (χ0v) is 19.9. The number of nitrogens with two attached hydrogens (primary N) is 1. The summed E-state index contributed by atoms with van der Waals surface area (Å²) in [7, 11) is 0. The highest BCUT2D eigenvalue weighted by Crippen LogP contribution is 2.37. The third-order valence-corrected chi connectivity index (χ3v) is 6.80. The molecular formula is C26H30N6O2. The summed E-state index contributed by atoms with van der Waals surface area (Å²) in [5.41, 5.74) is 10.2. The normalized spacial score (nSPS) is 17.6. The summed E-state index contributed by atoms with van der Waals surface area (Å²) in [5.74, 6) is 0.648. The summed E-state index contributed by atoms with van der Waals surface area (Å²) >= 11 is 0. The van der Waals surface area contributed by atoms with Crippen molar-refractivity contribution in [2.45, 2.75) is 33.6 Å². The van der Waals surface area contributed by atoms with Crippen LogP contribution in [0, 0.1) is 12.3 Å². The van der Waals surface area contributed by atoms with Crippen LogP contribution in [0.3, 0.4) is 0 Å². The highest BCUT2D eigenvalue weighted by Gasteiger charge is 2.36. The Morgan fingerprint density at radius 3 is 2.44 bits per heavy atom. The zero-order valence-electron chi connectivity index (χ0n) is 19.9. The number of aryl methyl sites for hydroxylation is 1. The van der Waals surface area contributed by atoms with Crippen LogP contribution in [0.5, 0.6) is 0 Å². The molecule has 0 unspecified atom stereocenters. The second-order valence-electron chi connectivity index (χ2n) is 9.99. The summed E-state index contributed by atoms with van der Waals surface area (Å²) in [4.78, 5) is 34.0. The SMILES string of the molecule is Cc1nn(-c2ccc(C(N)=O)c(N3CCN(c4ccccn4)CC3)c2)c2c1C(=O)CC(C)(C)C2. The van der Waals surface area contributed by atoms with E-state index in [4.69, 9.17) is 10.8 Å². The first-order chi connectivity index (χ1) is 16.2. The molecule has 1 saturated heterocycles. The minimum absolute atomic E-state index is 0.119. The van der Waals surface area contributed by atoms with Crippen LogP contribution in [0.25, 0.3) is 5.69 Å². The molecule has 3 aromatic rings. The van der Waals surface area contributed by atoms with Crippen molar-refractivity contribution in [3.8, 4) is 5.69 Å². The van der Waals surface area contributed by atoms with Crippen LogP contribution < -0.4 is 15.5 Å². The molecule has 1 amide bonds. The molecule has 1 fully saturated rings. The number of hydrogen-bond donors (Lipinski definition) is 1. The van der Waals surface area contributed by atoms with Gasteiger partial charge in [0.05, 0.1) is 33.9 Å². The molecule has 0 bridgehead atoms. The standard InChI is InChI=1S/C26H30N6O2/c1-17-24-21(15-26(2,3)16-22(24)33)32(29-17)18-7-8-19(25(27)34)20(14-18)30-10-12-31(13-11-30)23-6-4-5-9-28-23/h4-9,14H,10-13,15-16H2,1-3H3,(H2,27,34). The number of carbonyl (C=O) groups is 2. The maximum atomic E-state index is 12.8. The largest absolute Gasteiger partial charge is 0.367 e. The molecule has 8 heteroatoms. The van der Waals surface area contributed by atoms with Crippen LogP contribution >= 0.6 is 0 Å². The Labute approximate surface area is 199 Å². The number of pyridine rings is 1. The molecule has 5 rings (SSSR count). The van der Waals surface area contributed by atoms with Gasteiger partial charge in [0.15, 0.2) is 5.78 Å². The summed E-state index contributed by atoms with van der Waals surface area (Å²) in [6, 6.07) is 11.5. The third kappa shape index (κ3) is 3.93. The van der Waals surface area contributed by atoms with Crippen LogP contribution in [-0.2, 0) is 6.42 Å². The van der Waals surface area contributed by atoms with Gasteiger partial charge in [-0.2, -0.15) is 5.10 Å². The molecule has 2 N–H and O–H groups in total. The lowest BCUT2D eigenvalue weighted by Gasteiger charge is -2.37. The molecule has 34 heavy (non-hydrogen) atoms. The maximum Gasteiger partial charge on any atom is 0.250 e. The van der Waals surface area contributed by atoms with E-state index in [1.54, 1.807) is 12.3 Å². The van der Waals surface area contributed by atoms with Crippen molar-refractivity contribution in [3.63, 3.8) is 0 Å². The third-order valence-electron chi connectivity index (χ3n) is 6.80. The summed E-state index contributed by atoms with van der Waals surface area (Å²) in [6.07, 6.45) is 3.10. The van der Waals surface area contributed by atoms with Gasteiger partial charge in [0.1, 0.15) is 5.82 Å². The average molecular weight is 459 g/mol. The lowest BCUT2D eigenvalue weighted by molar-refractivity contribution is 0.0909. The average Bonchev–Trinajstić information content (AvgIpc) is 3.14. The number of nitrogens with zero attached hydrogens (tertiary/aromatic N) is 5. The molecule has 176 valence electrons. The monoisotopic (exact) mass is 458 g/mol. The fourth-order valence-corrected chi connectivity index (χ4v) is 5.19. The van der Waals surface area contributed by atoms with E-state index in [0.717, 1.165) is 66.7 Å². The zero-order chi connectivity index (χ0) is 24.0. The Bertz CT molecular complexity index is 1260. The molecule has 2 aromatic heterocycles. The van der Waals surface area contributed by atoms with Gasteiger partial charge in [-0.25, -0.2) is 9.67 Å². The molecule has 8 nitrogen and oxygen atoms in total. The van der Waals surface area contributed by atoms with E-state index in [2.05, 4.69) is 28.6 Å². The first-order valence-corrected chi connectivity index (χ1v) is 11.7. The predicted octanol–water partition coefficient (Wildman–Crippen LogP) is 3.16. The van der Waals surface area contributed by atoms with Gasteiger partial charge < -0.3 is 15.5 Å². The van der Waals surface area contributed by atoms with E-state index in [1.807, 2.05) is 41.9 Å². The number of rotatable bonds is 4. The number of carbonyl (C=O) groups excluding carboxylic acids is 2. The van der Waals surface area contributed by atoms with Crippen molar-refractivity contribution >= 4 is 23.2 Å². The lowest BCUT2D eigenvalue weighted by Crippen LogP contribution is -2.47. The van der Waals surface area contributed by atoms with E-state index >= 15 is 0 Å². The fourth-order valence-electron chi connectivity index (χ4n) is 5.19. The van der Waals surface area contributed by atoms with Gasteiger partial charge in [0.25, 0.3) is 5.91 Å². The molecule has 1 aliphatic heterocycles. The summed E-state index contributed by atoms with van der Waals surface area (Å²) in [5, 5.41) is 4.74. The topological polar surface area (TPSA) is 97.3 Å². The maximum absolute atomic E-state index is 12.8. The summed E-state index contributed by atoms with van der Waals surface area (Å²) in [6.45, 7) is 9.18. The van der Waals surface area contributed by atoms with Gasteiger partial charge in [-0.05, 0) is 49.1 Å². The van der Waals surface area contributed by atoms with E-state index in [1.165, 1.54) is 0 Å². The summed E-state index contributed by atoms with van der Waals surface area (Å²) < 4.78 is 1.88. The Morgan fingerprint density at radius 2 is 1.76 bits per heavy atom. The lowest BCUT2D eigenvalue weighted by atomic mass is 9.75. The van der Waals surface area contributed by atoms with Crippen LogP contribution in [0.4, 0.5) is 11.5 Å². The van der Waals surface area contributed by atoms with Crippen molar-refractivity contribution in [3.05, 3.63) is 65.1 Å². The molecule has 0 radical (unpaired) electrons. The molecule has 1 aliphatic carbocycles. The van der Waals surface area contributed by atoms with E-state index in [0.29, 0.717) is 12.0 Å². The molecular weight excluding hydrogens is 428 g/mol. The van der Waals surface area contributed by atoms with Gasteiger partial charge in [-0.1, -0.05) is 19.9 Å². The predicted molar refractivity (Wildman–Crippen MR) is 132 cm³/mol. The van der Waals surface area contributed by atoms with Gasteiger partial charge in [-0.15, -0.1) is 0 Å². The molecule has 0 saturated carbocycles. The Kier molecular flexibility index (Phi) is 5.38. The molecule has 2 aliphatic rings. The number of benzene rings is 1. The second-order valence-corrected chi connectivity index (χ2v) is 9.99. The number of anilines is 2. The fraction of sp³-hybridized carbons (Fsp3) is 0.385. The molecule has 1 aromatic carbocycles. The van der Waals surface area contributed by atoms with Crippen molar-refractivity contribution in [1.29, 1.82) is 0 Å². The van der Waals surface area contributed by atoms with Crippen LogP contribution in [0.15, 0.2) is 42.6 Å². The number of amides is 1. The van der Waals surface area contributed by atoms with Crippen molar-refractivity contribution in [2.24, 2.45) is 11.1 Å². The van der Waals surface area contributed by atoms with Gasteiger partial charge in [0.2, 0.25) is 0 Å². The Morgan fingerprint density at radius 1 is 1.03 bits per heavy atom. The quantitative estimate of drug-likeness (QED) is 0.645. The van der Waals surface area contributed by atoms with E-state index < -0.39 is 5.91 Å². The van der Waals surface area contributed by atoms with Gasteiger partial charge in [-0.3, -0.25) is 9.59 Å². The van der Waals surface area contributed by atoms with Crippen LogP contribution in [0.1, 0.15) is 52.4 Å². The van der Waals surface area contributed by atoms with E-state index in [9.17, 15) is 9.59 Å². The highest BCUT2D eigenvalue weighted by molar-refractivity contribution is 6.00. The second kappa shape index (κ2) is 8.27. The van der Waals surface area contributed by atoms with Crippen molar-refractivity contribution in [2.75, 3.05) is 36.0 Å². The van der Waals surface area contributed by atoms with Crippen molar-refractivity contribution < 1.29 is 9.59 Å². The van der Waals surface area contributed by atoms with Gasteiger partial charge >= 0.3 is 0 Å². The molecule has 3 heterocycles. The number of ketones is 1. The minimum Gasteiger partial charge on any atom is -0.367 e. The highest BCUT2D eigenvalue weighted by atomic mass is 16.1. The number of primary amides is 1. The Balaban J connectivity index is 1.49. The number of piperazine rings is 1. The van der Waals surface area contributed by atoms with Crippen LogP contribution in [-0.4, -0.2) is 52.6 Å².